The molecule has 3 aromatic carbocycles. The van der Waals surface area contributed by atoms with Crippen LogP contribution in [0.1, 0.15) is 42.0 Å². The molecule has 1 aliphatic carbocycles. The second kappa shape index (κ2) is 6.77. The lowest BCUT2D eigenvalue weighted by molar-refractivity contribution is 0.593. The van der Waals surface area contributed by atoms with Crippen molar-refractivity contribution in [3.05, 3.63) is 82.7 Å². The van der Waals surface area contributed by atoms with Crippen LogP contribution in [0.15, 0.2) is 54.6 Å². The van der Waals surface area contributed by atoms with Gasteiger partial charge in [-0.15, -0.1) is 0 Å². The van der Waals surface area contributed by atoms with Crippen LogP contribution in [-0.2, 0) is 12.8 Å². The van der Waals surface area contributed by atoms with Gasteiger partial charge in [0, 0.05) is 12.0 Å². The molecule has 0 aromatic heterocycles. The Bertz CT molecular complexity index is 1010. The van der Waals surface area contributed by atoms with Crippen LogP contribution in [0.5, 0.6) is 0 Å². The first-order valence-electron chi connectivity index (χ1n) is 9.15. The highest BCUT2D eigenvalue weighted by Crippen LogP contribution is 2.40. The number of halogens is 1. The Morgan fingerprint density at radius 2 is 1.69 bits per heavy atom. The fourth-order valence-corrected chi connectivity index (χ4v) is 3.77. The summed E-state index contributed by atoms with van der Waals surface area (Å²) >= 11 is 0. The maximum Gasteiger partial charge on any atom is 0.130 e. The summed E-state index contributed by atoms with van der Waals surface area (Å²) in [6, 6.07) is 20.1. The number of hydrogen-bond donors (Lipinski definition) is 0. The van der Waals surface area contributed by atoms with Gasteiger partial charge in [-0.2, -0.15) is 5.26 Å². The maximum atomic E-state index is 14.9. The van der Waals surface area contributed by atoms with Crippen molar-refractivity contribution in [2.75, 3.05) is 0 Å². The normalized spacial score (nSPS) is 11.7. The van der Waals surface area contributed by atoms with Crippen LogP contribution in [-0.4, -0.2) is 0 Å². The highest BCUT2D eigenvalue weighted by Gasteiger charge is 2.23. The second-order valence-electron chi connectivity index (χ2n) is 6.91. The molecule has 0 saturated heterocycles. The molecular weight excluding hydrogens is 321 g/mol. The summed E-state index contributed by atoms with van der Waals surface area (Å²) in [5, 5.41) is 8.94. The number of unbranched alkanes of at least 4 members (excludes halogenated alkanes) is 1. The number of benzene rings is 3. The van der Waals surface area contributed by atoms with Gasteiger partial charge in [0.05, 0.1) is 11.6 Å². The molecule has 0 heterocycles. The molecule has 0 amide bonds. The molecule has 1 nitrogen and oxygen atoms in total. The molecule has 0 bridgehead atoms. The average Bonchev–Trinajstić information content (AvgIpc) is 3.06. The van der Waals surface area contributed by atoms with Crippen molar-refractivity contribution < 1.29 is 4.39 Å². The van der Waals surface area contributed by atoms with E-state index in [4.69, 9.17) is 5.26 Å². The van der Waals surface area contributed by atoms with Crippen molar-refractivity contribution in [2.24, 2.45) is 0 Å². The van der Waals surface area contributed by atoms with E-state index in [2.05, 4.69) is 37.3 Å². The lowest BCUT2D eigenvalue weighted by Crippen LogP contribution is -1.96. The fourth-order valence-electron chi connectivity index (χ4n) is 3.77. The summed E-state index contributed by atoms with van der Waals surface area (Å²) in [5.41, 5.74) is 7.86. The third-order valence-electron chi connectivity index (χ3n) is 5.23. The standard InChI is InChI=1S/C24H20FN/c1-2-3-4-18-9-12-22-21-11-10-19(13-20(21)14-23(22)24(18)25)17-7-5-16(15-26)6-8-17/h5-13H,2-4,14H2,1H3. The van der Waals surface area contributed by atoms with Gasteiger partial charge in [-0.1, -0.05) is 55.8 Å². The molecule has 26 heavy (non-hydrogen) atoms. The predicted octanol–water partition coefficient (Wildman–Crippen LogP) is 6.28. The minimum absolute atomic E-state index is 0.0212. The van der Waals surface area contributed by atoms with E-state index in [9.17, 15) is 4.39 Å². The van der Waals surface area contributed by atoms with E-state index in [0.29, 0.717) is 12.0 Å². The number of rotatable bonds is 4. The number of aryl methyl sites for hydroxylation is 1. The lowest BCUT2D eigenvalue weighted by Gasteiger charge is -2.08. The molecular formula is C24H20FN. The monoisotopic (exact) mass is 341 g/mol. The van der Waals surface area contributed by atoms with Crippen LogP contribution in [0.2, 0.25) is 0 Å². The van der Waals surface area contributed by atoms with E-state index in [0.717, 1.165) is 52.6 Å². The maximum absolute atomic E-state index is 14.9. The van der Waals surface area contributed by atoms with Crippen LogP contribution < -0.4 is 0 Å². The Morgan fingerprint density at radius 3 is 2.42 bits per heavy atom. The topological polar surface area (TPSA) is 23.8 Å². The molecule has 0 unspecified atom stereocenters. The SMILES string of the molecule is CCCCc1ccc2c(c1F)Cc1cc(-c3ccc(C#N)cc3)ccc1-2. The van der Waals surface area contributed by atoms with E-state index in [1.807, 2.05) is 30.3 Å². The third-order valence-corrected chi connectivity index (χ3v) is 5.23. The third kappa shape index (κ3) is 2.80. The number of fused-ring (bicyclic) bond motifs is 3. The van der Waals surface area contributed by atoms with Gasteiger partial charge >= 0.3 is 0 Å². The first-order chi connectivity index (χ1) is 12.7. The molecule has 0 saturated carbocycles. The van der Waals surface area contributed by atoms with E-state index >= 15 is 0 Å². The number of hydrogen-bond acceptors (Lipinski definition) is 1. The first kappa shape index (κ1) is 16.5. The van der Waals surface area contributed by atoms with Crippen LogP contribution >= 0.6 is 0 Å². The van der Waals surface area contributed by atoms with Gasteiger partial charge in [-0.05, 0) is 58.4 Å². The summed E-state index contributed by atoms with van der Waals surface area (Å²) in [4.78, 5) is 0. The zero-order valence-corrected chi connectivity index (χ0v) is 14.8. The van der Waals surface area contributed by atoms with E-state index in [-0.39, 0.29) is 5.82 Å². The van der Waals surface area contributed by atoms with Crippen molar-refractivity contribution >= 4 is 0 Å². The van der Waals surface area contributed by atoms with Gasteiger partial charge in [0.15, 0.2) is 0 Å². The smallest absolute Gasteiger partial charge is 0.130 e. The second-order valence-corrected chi connectivity index (χ2v) is 6.91. The Hall–Kier alpha value is -2.92. The Morgan fingerprint density at radius 1 is 0.962 bits per heavy atom. The van der Waals surface area contributed by atoms with Crippen LogP contribution in [0, 0.1) is 17.1 Å². The molecule has 0 aliphatic heterocycles. The minimum Gasteiger partial charge on any atom is -0.206 e. The molecule has 128 valence electrons. The number of nitriles is 1. The van der Waals surface area contributed by atoms with Crippen molar-refractivity contribution in [2.45, 2.75) is 32.6 Å². The summed E-state index contributed by atoms with van der Waals surface area (Å²) in [6.07, 6.45) is 3.55. The summed E-state index contributed by atoms with van der Waals surface area (Å²) < 4.78 is 14.9. The van der Waals surface area contributed by atoms with Crippen molar-refractivity contribution in [3.63, 3.8) is 0 Å². The molecule has 3 aromatic rings. The van der Waals surface area contributed by atoms with Crippen LogP contribution in [0.4, 0.5) is 4.39 Å². The molecule has 0 spiro atoms. The minimum atomic E-state index is -0.0212. The van der Waals surface area contributed by atoms with E-state index < -0.39 is 0 Å². The average molecular weight is 341 g/mol. The van der Waals surface area contributed by atoms with Gasteiger partial charge in [0.2, 0.25) is 0 Å². The first-order valence-corrected chi connectivity index (χ1v) is 9.15. The Balaban J connectivity index is 1.69. The zero-order valence-electron chi connectivity index (χ0n) is 14.8. The quantitative estimate of drug-likeness (QED) is 0.428. The predicted molar refractivity (Wildman–Crippen MR) is 103 cm³/mol. The van der Waals surface area contributed by atoms with E-state index in [1.54, 1.807) is 0 Å². The van der Waals surface area contributed by atoms with Gasteiger partial charge in [-0.25, -0.2) is 4.39 Å². The molecule has 1 aliphatic rings. The van der Waals surface area contributed by atoms with Crippen LogP contribution in [0.3, 0.4) is 0 Å². The highest BCUT2D eigenvalue weighted by molar-refractivity contribution is 5.80. The molecule has 0 atom stereocenters. The largest absolute Gasteiger partial charge is 0.206 e. The van der Waals surface area contributed by atoms with Gasteiger partial charge in [-0.3, -0.25) is 0 Å². The summed E-state index contributed by atoms with van der Waals surface area (Å²) in [6.45, 7) is 2.13. The molecule has 0 radical (unpaired) electrons. The van der Waals surface area contributed by atoms with Crippen LogP contribution in [0.25, 0.3) is 22.3 Å². The van der Waals surface area contributed by atoms with Crippen molar-refractivity contribution in [1.82, 2.24) is 0 Å². The molecule has 0 fully saturated rings. The highest BCUT2D eigenvalue weighted by atomic mass is 19.1. The molecule has 4 rings (SSSR count). The van der Waals surface area contributed by atoms with E-state index in [1.165, 1.54) is 5.56 Å². The zero-order chi connectivity index (χ0) is 18.1. The Labute approximate surface area is 153 Å². The van der Waals surface area contributed by atoms with Gasteiger partial charge in [0.25, 0.3) is 0 Å². The number of nitrogens with zero attached hydrogens (tertiary/aromatic N) is 1. The van der Waals surface area contributed by atoms with Gasteiger partial charge in [0.1, 0.15) is 5.82 Å². The van der Waals surface area contributed by atoms with Crippen molar-refractivity contribution in [3.8, 4) is 28.3 Å². The fraction of sp³-hybridized carbons (Fsp3) is 0.208. The van der Waals surface area contributed by atoms with Crippen molar-refractivity contribution in [1.29, 1.82) is 5.26 Å². The molecule has 2 heteroatoms. The summed E-state index contributed by atoms with van der Waals surface area (Å²) in [7, 11) is 0. The van der Waals surface area contributed by atoms with Gasteiger partial charge < -0.3 is 0 Å². The molecule has 0 N–H and O–H groups in total. The lowest BCUT2D eigenvalue weighted by atomic mass is 9.98. The Kier molecular flexibility index (Phi) is 4.31. The summed E-state index contributed by atoms with van der Waals surface area (Å²) in [5.74, 6) is -0.0212.